The lowest BCUT2D eigenvalue weighted by atomic mass is 10.0. The summed E-state index contributed by atoms with van der Waals surface area (Å²) in [5.41, 5.74) is 3.15. The average molecular weight is 174 g/mol. The van der Waals surface area contributed by atoms with E-state index in [1.807, 2.05) is 39.0 Å². The Kier molecular flexibility index (Phi) is 3.02. The molecule has 0 N–H and O–H groups in total. The van der Waals surface area contributed by atoms with Crippen LogP contribution in [0.1, 0.15) is 28.4 Å². The molecule has 0 aliphatic carbocycles. The van der Waals surface area contributed by atoms with Crippen molar-refractivity contribution in [1.82, 2.24) is 0 Å². The van der Waals surface area contributed by atoms with Crippen LogP contribution in [-0.2, 0) is 0 Å². The van der Waals surface area contributed by atoms with E-state index in [1.165, 1.54) is 5.56 Å². The fourth-order valence-electron chi connectivity index (χ4n) is 1.14. The van der Waals surface area contributed by atoms with Crippen LogP contribution in [-0.4, -0.2) is 5.78 Å². The number of carbonyl (C=O) groups is 1. The van der Waals surface area contributed by atoms with Crippen molar-refractivity contribution in [2.24, 2.45) is 0 Å². The van der Waals surface area contributed by atoms with Crippen LogP contribution in [0, 0.1) is 13.8 Å². The molecule has 0 saturated heterocycles. The summed E-state index contributed by atoms with van der Waals surface area (Å²) in [6, 6.07) is 5.77. The molecule has 1 aromatic carbocycles. The van der Waals surface area contributed by atoms with Gasteiger partial charge in [-0.25, -0.2) is 0 Å². The fraction of sp³-hybridized carbons (Fsp3) is 0.250. The standard InChI is InChI=1S/C12H14O/c1-4-5-12(13)11-7-6-9(2)10(3)8-11/h4-8H,1-3H3/b5-4+. The first-order valence-corrected chi connectivity index (χ1v) is 4.39. The van der Waals surface area contributed by atoms with E-state index in [-0.39, 0.29) is 5.78 Å². The van der Waals surface area contributed by atoms with Crippen molar-refractivity contribution >= 4 is 5.78 Å². The molecule has 68 valence electrons. The number of aryl methyl sites for hydroxylation is 2. The fourth-order valence-corrected chi connectivity index (χ4v) is 1.14. The third-order valence-corrected chi connectivity index (χ3v) is 2.11. The molecule has 0 aromatic heterocycles. The Bertz CT molecular complexity index is 348. The maximum absolute atomic E-state index is 11.4. The van der Waals surface area contributed by atoms with Crippen LogP contribution < -0.4 is 0 Å². The third kappa shape index (κ3) is 2.28. The Hall–Kier alpha value is -1.37. The molecule has 0 bridgehead atoms. The van der Waals surface area contributed by atoms with Crippen LogP contribution in [0.3, 0.4) is 0 Å². The van der Waals surface area contributed by atoms with Gasteiger partial charge in [-0.15, -0.1) is 0 Å². The maximum atomic E-state index is 11.4. The molecule has 0 amide bonds. The van der Waals surface area contributed by atoms with Gasteiger partial charge in [0, 0.05) is 5.56 Å². The minimum absolute atomic E-state index is 0.0746. The molecule has 0 saturated carbocycles. The van der Waals surface area contributed by atoms with Gasteiger partial charge < -0.3 is 0 Å². The first kappa shape index (κ1) is 9.72. The molecule has 0 atom stereocenters. The zero-order chi connectivity index (χ0) is 9.84. The summed E-state index contributed by atoms with van der Waals surface area (Å²) < 4.78 is 0. The predicted octanol–water partition coefficient (Wildman–Crippen LogP) is 3.06. The Morgan fingerprint density at radius 3 is 2.46 bits per heavy atom. The third-order valence-electron chi connectivity index (χ3n) is 2.11. The van der Waals surface area contributed by atoms with E-state index in [4.69, 9.17) is 0 Å². The molecule has 0 unspecified atom stereocenters. The largest absolute Gasteiger partial charge is 0.289 e. The van der Waals surface area contributed by atoms with Crippen molar-refractivity contribution in [3.63, 3.8) is 0 Å². The smallest absolute Gasteiger partial charge is 0.185 e. The number of benzene rings is 1. The van der Waals surface area contributed by atoms with E-state index >= 15 is 0 Å². The van der Waals surface area contributed by atoms with Gasteiger partial charge in [0.05, 0.1) is 0 Å². The second-order valence-corrected chi connectivity index (χ2v) is 3.16. The number of allylic oxidation sites excluding steroid dienone is 2. The van der Waals surface area contributed by atoms with E-state index in [2.05, 4.69) is 0 Å². The Morgan fingerprint density at radius 2 is 1.92 bits per heavy atom. The summed E-state index contributed by atoms with van der Waals surface area (Å²) >= 11 is 0. The van der Waals surface area contributed by atoms with E-state index in [9.17, 15) is 4.79 Å². The lowest BCUT2D eigenvalue weighted by molar-refractivity contribution is 0.104. The Morgan fingerprint density at radius 1 is 1.23 bits per heavy atom. The van der Waals surface area contributed by atoms with E-state index in [0.29, 0.717) is 0 Å². The Balaban J connectivity index is 3.04. The molecule has 0 spiro atoms. The topological polar surface area (TPSA) is 17.1 Å². The highest BCUT2D eigenvalue weighted by molar-refractivity contribution is 6.04. The minimum Gasteiger partial charge on any atom is -0.289 e. The summed E-state index contributed by atoms with van der Waals surface area (Å²) in [5.74, 6) is 0.0746. The number of rotatable bonds is 2. The summed E-state index contributed by atoms with van der Waals surface area (Å²) in [6.45, 7) is 5.90. The van der Waals surface area contributed by atoms with Gasteiger partial charge in [0.2, 0.25) is 0 Å². The molecular weight excluding hydrogens is 160 g/mol. The first-order chi connectivity index (χ1) is 6.15. The van der Waals surface area contributed by atoms with Gasteiger partial charge in [-0.1, -0.05) is 18.2 Å². The van der Waals surface area contributed by atoms with Gasteiger partial charge in [-0.2, -0.15) is 0 Å². The summed E-state index contributed by atoms with van der Waals surface area (Å²) in [6.07, 6.45) is 3.35. The molecule has 1 nitrogen and oxygen atoms in total. The molecule has 1 aromatic rings. The Labute approximate surface area is 79.1 Å². The van der Waals surface area contributed by atoms with Crippen LogP contribution in [0.2, 0.25) is 0 Å². The van der Waals surface area contributed by atoms with Crippen LogP contribution in [0.15, 0.2) is 30.4 Å². The molecule has 0 aliphatic heterocycles. The lowest BCUT2D eigenvalue weighted by Gasteiger charge is -2.01. The van der Waals surface area contributed by atoms with E-state index in [0.717, 1.165) is 11.1 Å². The van der Waals surface area contributed by atoms with Gasteiger partial charge in [0.15, 0.2) is 5.78 Å². The SMILES string of the molecule is C/C=C/C(=O)c1ccc(C)c(C)c1. The molecule has 0 heterocycles. The highest BCUT2D eigenvalue weighted by atomic mass is 16.1. The van der Waals surface area contributed by atoms with Crippen molar-refractivity contribution < 1.29 is 4.79 Å². The zero-order valence-electron chi connectivity index (χ0n) is 8.29. The molecule has 0 fully saturated rings. The van der Waals surface area contributed by atoms with Crippen LogP contribution in [0.25, 0.3) is 0 Å². The van der Waals surface area contributed by atoms with Crippen molar-refractivity contribution in [2.75, 3.05) is 0 Å². The number of ketones is 1. The first-order valence-electron chi connectivity index (χ1n) is 4.39. The minimum atomic E-state index is 0.0746. The molecule has 13 heavy (non-hydrogen) atoms. The van der Waals surface area contributed by atoms with E-state index in [1.54, 1.807) is 12.2 Å². The molecular formula is C12H14O. The van der Waals surface area contributed by atoms with Crippen LogP contribution in [0.4, 0.5) is 0 Å². The second-order valence-electron chi connectivity index (χ2n) is 3.16. The highest BCUT2D eigenvalue weighted by Crippen LogP contribution is 2.10. The summed E-state index contributed by atoms with van der Waals surface area (Å²) in [7, 11) is 0. The molecule has 0 aliphatic rings. The number of carbonyl (C=O) groups excluding carboxylic acids is 1. The quantitative estimate of drug-likeness (QED) is 0.497. The molecule has 1 heteroatoms. The van der Waals surface area contributed by atoms with Crippen molar-refractivity contribution in [2.45, 2.75) is 20.8 Å². The van der Waals surface area contributed by atoms with Crippen LogP contribution >= 0.6 is 0 Å². The molecule has 0 radical (unpaired) electrons. The predicted molar refractivity (Wildman–Crippen MR) is 55.1 cm³/mol. The normalized spacial score (nSPS) is 10.7. The monoisotopic (exact) mass is 174 g/mol. The van der Waals surface area contributed by atoms with E-state index < -0.39 is 0 Å². The zero-order valence-corrected chi connectivity index (χ0v) is 8.29. The number of hydrogen-bond acceptors (Lipinski definition) is 1. The average Bonchev–Trinajstić information content (AvgIpc) is 2.10. The van der Waals surface area contributed by atoms with Gasteiger partial charge in [-0.3, -0.25) is 4.79 Å². The van der Waals surface area contributed by atoms with Gasteiger partial charge in [-0.05, 0) is 44.0 Å². The molecule has 1 rings (SSSR count). The lowest BCUT2D eigenvalue weighted by Crippen LogP contribution is -1.95. The van der Waals surface area contributed by atoms with Crippen molar-refractivity contribution in [1.29, 1.82) is 0 Å². The van der Waals surface area contributed by atoms with Crippen LogP contribution in [0.5, 0.6) is 0 Å². The van der Waals surface area contributed by atoms with Crippen molar-refractivity contribution in [3.8, 4) is 0 Å². The highest BCUT2D eigenvalue weighted by Gasteiger charge is 2.01. The summed E-state index contributed by atoms with van der Waals surface area (Å²) in [4.78, 5) is 11.4. The van der Waals surface area contributed by atoms with Gasteiger partial charge in [0.25, 0.3) is 0 Å². The second kappa shape index (κ2) is 4.04. The maximum Gasteiger partial charge on any atom is 0.185 e. The summed E-state index contributed by atoms with van der Waals surface area (Å²) in [5, 5.41) is 0. The number of hydrogen-bond donors (Lipinski definition) is 0. The van der Waals surface area contributed by atoms with Gasteiger partial charge >= 0.3 is 0 Å². The van der Waals surface area contributed by atoms with Crippen molar-refractivity contribution in [3.05, 3.63) is 47.0 Å². The van der Waals surface area contributed by atoms with Gasteiger partial charge in [0.1, 0.15) is 0 Å².